The van der Waals surface area contributed by atoms with Gasteiger partial charge in [-0.1, -0.05) is 37.3 Å². The van der Waals surface area contributed by atoms with Crippen LogP contribution >= 0.6 is 0 Å². The van der Waals surface area contributed by atoms with E-state index in [0.717, 1.165) is 29.5 Å². The van der Waals surface area contributed by atoms with Crippen LogP contribution < -0.4 is 5.11 Å². The van der Waals surface area contributed by atoms with Crippen molar-refractivity contribution in [3.63, 3.8) is 0 Å². The highest BCUT2D eigenvalue weighted by Gasteiger charge is 2.25. The van der Waals surface area contributed by atoms with Gasteiger partial charge in [0.2, 0.25) is 0 Å². The van der Waals surface area contributed by atoms with Gasteiger partial charge in [0.15, 0.2) is 0 Å². The van der Waals surface area contributed by atoms with Crippen LogP contribution in [0, 0.1) is 11.7 Å². The molecule has 0 aliphatic heterocycles. The summed E-state index contributed by atoms with van der Waals surface area (Å²) in [4.78, 5) is 23.2. The summed E-state index contributed by atoms with van der Waals surface area (Å²) in [5, 5.41) is 11.3. The van der Waals surface area contributed by atoms with Crippen molar-refractivity contribution in [2.24, 2.45) is 5.92 Å². The highest BCUT2D eigenvalue weighted by Crippen LogP contribution is 2.32. The Morgan fingerprint density at radius 1 is 1.24 bits per heavy atom. The maximum atomic E-state index is 13.2. The maximum Gasteiger partial charge on any atom is 0.136 e. The Morgan fingerprint density at radius 2 is 1.96 bits per heavy atom. The van der Waals surface area contributed by atoms with Crippen LogP contribution in [0.3, 0.4) is 0 Å². The lowest BCUT2D eigenvalue weighted by atomic mass is 9.87. The van der Waals surface area contributed by atoms with E-state index in [9.17, 15) is 19.1 Å². The lowest BCUT2D eigenvalue weighted by Gasteiger charge is -2.19. The first kappa shape index (κ1) is 17.3. The molecule has 3 rings (SSSR count). The second-order valence-electron chi connectivity index (χ2n) is 6.73. The zero-order chi connectivity index (χ0) is 18.0. The first-order valence-electron chi connectivity index (χ1n) is 8.58. The molecular formula is C21H20FO3-. The lowest BCUT2D eigenvalue weighted by molar-refractivity contribution is -0.307. The van der Waals surface area contributed by atoms with Crippen LogP contribution in [-0.2, 0) is 16.0 Å². The number of carbonyl (C=O) groups is 2. The predicted octanol–water partition coefficient (Wildman–Crippen LogP) is 3.26. The SMILES string of the molecule is CC(C(=O)[O-])c1ccc(CC2CCCC2=O)cc1-c1ccc(F)cc1. The minimum absolute atomic E-state index is 0.0467. The van der Waals surface area contributed by atoms with E-state index in [1.54, 1.807) is 25.1 Å². The van der Waals surface area contributed by atoms with Crippen molar-refractivity contribution in [3.05, 3.63) is 59.4 Å². The quantitative estimate of drug-likeness (QED) is 0.840. The first-order chi connectivity index (χ1) is 12.0. The Kier molecular flexibility index (Phi) is 4.98. The van der Waals surface area contributed by atoms with Crippen molar-refractivity contribution in [1.82, 2.24) is 0 Å². The van der Waals surface area contributed by atoms with E-state index in [2.05, 4.69) is 0 Å². The van der Waals surface area contributed by atoms with Gasteiger partial charge in [-0.3, -0.25) is 4.79 Å². The molecule has 130 valence electrons. The summed E-state index contributed by atoms with van der Waals surface area (Å²) in [6.07, 6.45) is 3.15. The van der Waals surface area contributed by atoms with Gasteiger partial charge < -0.3 is 9.90 Å². The molecule has 2 unspecified atom stereocenters. The second-order valence-corrected chi connectivity index (χ2v) is 6.73. The van der Waals surface area contributed by atoms with Crippen LogP contribution in [0.1, 0.15) is 43.2 Å². The Bertz CT molecular complexity index is 795. The van der Waals surface area contributed by atoms with Gasteiger partial charge in [-0.25, -0.2) is 4.39 Å². The Hall–Kier alpha value is -2.49. The first-order valence-corrected chi connectivity index (χ1v) is 8.58. The molecule has 1 fully saturated rings. The van der Waals surface area contributed by atoms with Crippen LogP contribution in [0.15, 0.2) is 42.5 Å². The van der Waals surface area contributed by atoms with Crippen molar-refractivity contribution in [2.75, 3.05) is 0 Å². The summed E-state index contributed by atoms with van der Waals surface area (Å²) in [5.74, 6) is -1.92. The average Bonchev–Trinajstić information content (AvgIpc) is 2.99. The normalized spacial score (nSPS) is 18.3. The molecule has 2 atom stereocenters. The van der Waals surface area contributed by atoms with Gasteiger partial charge in [-0.05, 0) is 53.6 Å². The zero-order valence-corrected chi connectivity index (χ0v) is 14.1. The van der Waals surface area contributed by atoms with Crippen LogP contribution in [0.2, 0.25) is 0 Å². The molecule has 0 N–H and O–H groups in total. The number of carboxylic acids is 1. The van der Waals surface area contributed by atoms with Crippen LogP contribution in [0.4, 0.5) is 4.39 Å². The molecule has 1 saturated carbocycles. The summed E-state index contributed by atoms with van der Waals surface area (Å²) in [6.45, 7) is 1.58. The van der Waals surface area contributed by atoms with Gasteiger partial charge in [-0.15, -0.1) is 0 Å². The number of carboxylic acid groups (broad SMARTS) is 1. The summed E-state index contributed by atoms with van der Waals surface area (Å²) < 4.78 is 13.2. The van der Waals surface area contributed by atoms with E-state index >= 15 is 0 Å². The number of ketones is 1. The van der Waals surface area contributed by atoms with E-state index < -0.39 is 11.9 Å². The Labute approximate surface area is 146 Å². The molecule has 1 aliphatic carbocycles. The van der Waals surface area contributed by atoms with E-state index in [-0.39, 0.29) is 11.7 Å². The number of benzene rings is 2. The molecule has 25 heavy (non-hydrogen) atoms. The van der Waals surface area contributed by atoms with Crippen molar-refractivity contribution in [1.29, 1.82) is 0 Å². The summed E-state index contributed by atoms with van der Waals surface area (Å²) in [6, 6.07) is 11.6. The van der Waals surface area contributed by atoms with Gasteiger partial charge >= 0.3 is 0 Å². The molecule has 0 radical (unpaired) electrons. The molecule has 4 heteroatoms. The number of Topliss-reactive ketones (excluding diaryl/α,β-unsaturated/α-hetero) is 1. The second kappa shape index (κ2) is 7.18. The third kappa shape index (κ3) is 3.78. The van der Waals surface area contributed by atoms with Gasteiger partial charge in [0.1, 0.15) is 11.6 Å². The third-order valence-corrected chi connectivity index (χ3v) is 5.01. The third-order valence-electron chi connectivity index (χ3n) is 5.01. The van der Waals surface area contributed by atoms with Crippen LogP contribution in [-0.4, -0.2) is 11.8 Å². The van der Waals surface area contributed by atoms with Crippen molar-refractivity contribution in [2.45, 2.75) is 38.5 Å². The van der Waals surface area contributed by atoms with Crippen molar-refractivity contribution < 1.29 is 19.1 Å². The molecule has 0 saturated heterocycles. The van der Waals surface area contributed by atoms with E-state index in [4.69, 9.17) is 0 Å². The number of hydrogen-bond donors (Lipinski definition) is 0. The van der Waals surface area contributed by atoms with Gasteiger partial charge in [0, 0.05) is 24.2 Å². The summed E-state index contributed by atoms with van der Waals surface area (Å²) in [5.41, 5.74) is 3.13. The molecule has 2 aromatic carbocycles. The number of halogens is 1. The fraction of sp³-hybridized carbons (Fsp3) is 0.333. The Morgan fingerprint density at radius 3 is 2.56 bits per heavy atom. The van der Waals surface area contributed by atoms with Gasteiger partial charge in [0.05, 0.1) is 0 Å². The molecule has 3 nitrogen and oxygen atoms in total. The molecule has 0 spiro atoms. The topological polar surface area (TPSA) is 57.2 Å². The fourth-order valence-electron chi connectivity index (χ4n) is 3.50. The van der Waals surface area contributed by atoms with Gasteiger partial charge in [-0.2, -0.15) is 0 Å². The predicted molar refractivity (Wildman–Crippen MR) is 91.3 cm³/mol. The molecule has 1 aliphatic rings. The number of hydrogen-bond acceptors (Lipinski definition) is 3. The smallest absolute Gasteiger partial charge is 0.136 e. The highest BCUT2D eigenvalue weighted by molar-refractivity contribution is 5.83. The lowest BCUT2D eigenvalue weighted by Crippen LogP contribution is -2.28. The van der Waals surface area contributed by atoms with Crippen LogP contribution in [0.5, 0.6) is 0 Å². The number of aliphatic carboxylic acids is 1. The fourth-order valence-corrected chi connectivity index (χ4v) is 3.50. The molecule has 0 bridgehead atoms. The largest absolute Gasteiger partial charge is 0.550 e. The summed E-state index contributed by atoms with van der Waals surface area (Å²) >= 11 is 0. The molecular weight excluding hydrogens is 319 g/mol. The minimum Gasteiger partial charge on any atom is -0.550 e. The monoisotopic (exact) mass is 339 g/mol. The summed E-state index contributed by atoms with van der Waals surface area (Å²) in [7, 11) is 0. The van der Waals surface area contributed by atoms with Crippen LogP contribution in [0.25, 0.3) is 11.1 Å². The number of carbonyl (C=O) groups excluding carboxylic acids is 2. The highest BCUT2D eigenvalue weighted by atomic mass is 19.1. The van der Waals surface area contributed by atoms with Crippen molar-refractivity contribution >= 4 is 11.8 Å². The van der Waals surface area contributed by atoms with E-state index in [0.29, 0.717) is 24.2 Å². The molecule has 0 heterocycles. The van der Waals surface area contributed by atoms with E-state index in [1.807, 2.05) is 12.1 Å². The van der Waals surface area contributed by atoms with Crippen molar-refractivity contribution in [3.8, 4) is 11.1 Å². The maximum absolute atomic E-state index is 13.2. The van der Waals surface area contributed by atoms with Gasteiger partial charge in [0.25, 0.3) is 0 Å². The molecule has 0 aromatic heterocycles. The molecule has 0 amide bonds. The van der Waals surface area contributed by atoms with E-state index in [1.165, 1.54) is 12.1 Å². The molecule has 2 aromatic rings. The average molecular weight is 339 g/mol. The standard InChI is InChI=1S/C21H21FO3/c1-13(21(24)25)18-10-5-14(11-16-3-2-4-20(16)23)12-19(18)15-6-8-17(22)9-7-15/h5-10,12-13,16H,2-4,11H2,1H3,(H,24,25)/p-1. The number of rotatable bonds is 5. The zero-order valence-electron chi connectivity index (χ0n) is 14.1. The minimum atomic E-state index is -1.15. The Balaban J connectivity index is 2.00.